The SMILES string of the molecule is Cc1c(-c2cc(C(F)(F)F)nc3sc(C(N)=O)c(NC(=O)c4nn(C)c(C)c4[N+](=O)[O-])c23)cnn1C. The van der Waals surface area contributed by atoms with Crippen molar-refractivity contribution < 1.29 is 27.7 Å². The van der Waals surface area contributed by atoms with Gasteiger partial charge in [-0.25, -0.2) is 4.98 Å². The number of hydrogen-bond donors (Lipinski definition) is 2. The minimum absolute atomic E-state index is 0.00144. The molecule has 0 atom stereocenters. The third-order valence-electron chi connectivity index (χ3n) is 5.64. The highest BCUT2D eigenvalue weighted by molar-refractivity contribution is 7.21. The molecule has 4 aromatic heterocycles. The molecule has 0 unspecified atom stereocenters. The van der Waals surface area contributed by atoms with E-state index in [-0.39, 0.29) is 32.0 Å². The molecule has 188 valence electrons. The van der Waals surface area contributed by atoms with Gasteiger partial charge >= 0.3 is 11.9 Å². The maximum absolute atomic E-state index is 13.7. The summed E-state index contributed by atoms with van der Waals surface area (Å²) in [6.07, 6.45) is -3.48. The molecule has 0 aliphatic carbocycles. The zero-order chi connectivity index (χ0) is 26.7. The van der Waals surface area contributed by atoms with Crippen molar-refractivity contribution >= 4 is 44.7 Å². The van der Waals surface area contributed by atoms with Crippen LogP contribution in [-0.4, -0.2) is 41.3 Å². The molecule has 0 spiro atoms. The highest BCUT2D eigenvalue weighted by atomic mass is 32.1. The lowest BCUT2D eigenvalue weighted by atomic mass is 10.0. The number of anilines is 1. The number of carbonyl (C=O) groups is 2. The molecular formula is C20H17F3N8O4S. The van der Waals surface area contributed by atoms with Gasteiger partial charge in [-0.2, -0.15) is 23.4 Å². The first-order valence-corrected chi connectivity index (χ1v) is 10.9. The molecule has 36 heavy (non-hydrogen) atoms. The largest absolute Gasteiger partial charge is 0.433 e. The second-order valence-corrected chi connectivity index (χ2v) is 8.79. The van der Waals surface area contributed by atoms with Gasteiger partial charge < -0.3 is 11.1 Å². The second-order valence-electron chi connectivity index (χ2n) is 7.79. The van der Waals surface area contributed by atoms with Gasteiger partial charge in [0.1, 0.15) is 21.1 Å². The first kappa shape index (κ1) is 24.8. The molecule has 0 saturated carbocycles. The number of alkyl halides is 3. The van der Waals surface area contributed by atoms with Gasteiger partial charge in [0.05, 0.1) is 16.8 Å². The Labute approximate surface area is 203 Å². The number of hydrogen-bond acceptors (Lipinski definition) is 8. The molecule has 2 amide bonds. The van der Waals surface area contributed by atoms with Gasteiger partial charge in [-0.1, -0.05) is 0 Å². The Morgan fingerprint density at radius 3 is 2.36 bits per heavy atom. The average molecular weight is 522 g/mol. The fourth-order valence-corrected chi connectivity index (χ4v) is 4.66. The van der Waals surface area contributed by atoms with Crippen molar-refractivity contribution in [2.45, 2.75) is 20.0 Å². The molecule has 0 aromatic carbocycles. The summed E-state index contributed by atoms with van der Waals surface area (Å²) in [4.78, 5) is 39.2. The van der Waals surface area contributed by atoms with Gasteiger partial charge in [-0.3, -0.25) is 29.1 Å². The number of primary amides is 1. The molecule has 0 fully saturated rings. The number of halogens is 3. The van der Waals surface area contributed by atoms with Crippen molar-refractivity contribution in [3.05, 3.63) is 50.0 Å². The van der Waals surface area contributed by atoms with E-state index in [9.17, 15) is 32.9 Å². The van der Waals surface area contributed by atoms with Crippen LogP contribution in [-0.2, 0) is 20.3 Å². The molecule has 0 aliphatic heterocycles. The van der Waals surface area contributed by atoms with Crippen LogP contribution in [0.4, 0.5) is 24.5 Å². The number of thiophene rings is 1. The molecule has 4 aromatic rings. The Hall–Kier alpha value is -4.34. The van der Waals surface area contributed by atoms with Crippen LogP contribution in [0.2, 0.25) is 0 Å². The number of amides is 2. The van der Waals surface area contributed by atoms with Gasteiger partial charge in [0.25, 0.3) is 11.8 Å². The van der Waals surface area contributed by atoms with Gasteiger partial charge in [0, 0.05) is 30.7 Å². The molecule has 0 aliphatic rings. The number of nitro groups is 1. The number of nitrogens with two attached hydrogens (primary N) is 1. The lowest BCUT2D eigenvalue weighted by Gasteiger charge is -2.12. The van der Waals surface area contributed by atoms with Gasteiger partial charge in [0.15, 0.2) is 0 Å². The Bertz CT molecular complexity index is 1580. The van der Waals surface area contributed by atoms with E-state index in [0.29, 0.717) is 22.6 Å². The van der Waals surface area contributed by atoms with E-state index in [1.807, 2.05) is 0 Å². The quantitative estimate of drug-likeness (QED) is 0.300. The molecule has 16 heteroatoms. The van der Waals surface area contributed by atoms with Crippen molar-refractivity contribution in [2.75, 3.05) is 5.32 Å². The standard InChI is InChI=1S/C20H17F3N8O4S/c1-7-10(6-25-29(7)3)9-5-11(20(21,22)23)26-19-12(9)13(16(36-19)17(24)32)27-18(33)14-15(31(34)35)8(2)30(4)28-14/h5-6H,1-4H3,(H2,24,32)(H,27,33). The number of carbonyl (C=O) groups excluding carboxylic acids is 2. The first-order valence-electron chi connectivity index (χ1n) is 10.0. The molecule has 4 heterocycles. The third-order valence-corrected chi connectivity index (χ3v) is 6.74. The van der Waals surface area contributed by atoms with Crippen LogP contribution in [0.25, 0.3) is 21.3 Å². The molecular weight excluding hydrogens is 505 g/mol. The van der Waals surface area contributed by atoms with Crippen molar-refractivity contribution in [3.8, 4) is 11.1 Å². The minimum atomic E-state index is -4.81. The number of fused-ring (bicyclic) bond motifs is 1. The van der Waals surface area contributed by atoms with Crippen molar-refractivity contribution in [1.82, 2.24) is 24.5 Å². The van der Waals surface area contributed by atoms with Crippen molar-refractivity contribution in [3.63, 3.8) is 0 Å². The van der Waals surface area contributed by atoms with Crippen LogP contribution >= 0.6 is 11.3 Å². The van der Waals surface area contributed by atoms with Crippen molar-refractivity contribution in [2.24, 2.45) is 19.8 Å². The maximum atomic E-state index is 13.7. The maximum Gasteiger partial charge on any atom is 0.433 e. The summed E-state index contributed by atoms with van der Waals surface area (Å²) in [6.45, 7) is 3.02. The predicted molar refractivity (Wildman–Crippen MR) is 123 cm³/mol. The van der Waals surface area contributed by atoms with Gasteiger partial charge in [-0.05, 0) is 25.5 Å². The fourth-order valence-electron chi connectivity index (χ4n) is 3.65. The van der Waals surface area contributed by atoms with E-state index in [2.05, 4.69) is 20.5 Å². The zero-order valence-electron chi connectivity index (χ0n) is 19.1. The number of aromatic nitrogens is 5. The van der Waals surface area contributed by atoms with Crippen LogP contribution in [0.5, 0.6) is 0 Å². The number of rotatable bonds is 5. The number of nitrogens with one attached hydrogen (secondary N) is 1. The predicted octanol–water partition coefficient (Wildman–Crippen LogP) is 3.33. The first-order chi connectivity index (χ1) is 16.7. The molecule has 12 nitrogen and oxygen atoms in total. The number of nitrogens with zero attached hydrogens (tertiary/aromatic N) is 6. The molecule has 4 rings (SSSR count). The summed E-state index contributed by atoms with van der Waals surface area (Å²) in [6, 6.07) is 0.785. The summed E-state index contributed by atoms with van der Waals surface area (Å²) in [5.74, 6) is -2.09. The van der Waals surface area contributed by atoms with Crippen molar-refractivity contribution in [1.29, 1.82) is 0 Å². The fraction of sp³-hybridized carbons (Fsp3) is 0.250. The number of pyridine rings is 1. The average Bonchev–Trinajstić information content (AvgIpc) is 3.41. The van der Waals surface area contributed by atoms with E-state index in [1.165, 1.54) is 24.9 Å². The summed E-state index contributed by atoms with van der Waals surface area (Å²) in [5.41, 5.74) is 3.78. The van der Waals surface area contributed by atoms with E-state index in [0.717, 1.165) is 10.7 Å². The van der Waals surface area contributed by atoms with E-state index in [1.54, 1.807) is 14.0 Å². The molecule has 0 saturated heterocycles. The summed E-state index contributed by atoms with van der Waals surface area (Å²) in [5, 5.41) is 21.9. The van der Waals surface area contributed by atoms with Crippen LogP contribution < -0.4 is 11.1 Å². The van der Waals surface area contributed by atoms with Gasteiger partial charge in [0.2, 0.25) is 5.69 Å². The second kappa shape index (κ2) is 8.40. The molecule has 3 N–H and O–H groups in total. The van der Waals surface area contributed by atoms with Crippen LogP contribution in [0.15, 0.2) is 12.3 Å². The normalized spacial score (nSPS) is 11.8. The minimum Gasteiger partial charge on any atom is -0.365 e. The summed E-state index contributed by atoms with van der Waals surface area (Å²) < 4.78 is 43.6. The Balaban J connectivity index is 2.01. The van der Waals surface area contributed by atoms with Crippen LogP contribution in [0.3, 0.4) is 0 Å². The topological polar surface area (TPSA) is 164 Å². The van der Waals surface area contributed by atoms with E-state index < -0.39 is 40.0 Å². The summed E-state index contributed by atoms with van der Waals surface area (Å²) >= 11 is 0.553. The number of aryl methyl sites for hydroxylation is 2. The highest BCUT2D eigenvalue weighted by Crippen LogP contribution is 2.44. The monoisotopic (exact) mass is 522 g/mol. The Morgan fingerprint density at radius 2 is 1.83 bits per heavy atom. The highest BCUT2D eigenvalue weighted by Gasteiger charge is 2.36. The third kappa shape index (κ3) is 3.94. The summed E-state index contributed by atoms with van der Waals surface area (Å²) in [7, 11) is 3.00. The van der Waals surface area contributed by atoms with E-state index in [4.69, 9.17) is 5.73 Å². The molecule has 0 bridgehead atoms. The van der Waals surface area contributed by atoms with Crippen LogP contribution in [0, 0.1) is 24.0 Å². The van der Waals surface area contributed by atoms with E-state index >= 15 is 0 Å². The van der Waals surface area contributed by atoms with Crippen LogP contribution in [0.1, 0.15) is 37.2 Å². The zero-order valence-corrected chi connectivity index (χ0v) is 19.9. The lowest BCUT2D eigenvalue weighted by Crippen LogP contribution is -2.18. The Morgan fingerprint density at radius 1 is 1.17 bits per heavy atom. The smallest absolute Gasteiger partial charge is 0.365 e. The Kier molecular flexibility index (Phi) is 5.78. The van der Waals surface area contributed by atoms with Gasteiger partial charge in [-0.15, -0.1) is 11.3 Å². The molecule has 0 radical (unpaired) electrons. The lowest BCUT2D eigenvalue weighted by molar-refractivity contribution is -0.385.